The van der Waals surface area contributed by atoms with Crippen LogP contribution in [0.15, 0.2) is 20.9 Å². The van der Waals surface area contributed by atoms with Crippen LogP contribution in [-0.2, 0) is 60.3 Å². The van der Waals surface area contributed by atoms with Crippen LogP contribution in [0, 0.1) is 6.92 Å². The summed E-state index contributed by atoms with van der Waals surface area (Å²) >= 11 is 0. The van der Waals surface area contributed by atoms with Gasteiger partial charge in [-0.15, -0.1) is 0 Å². The molecule has 3 radical (unpaired) electrons. The number of alkyl halides is 2. The lowest BCUT2D eigenvalue weighted by atomic mass is 10.0. The van der Waals surface area contributed by atoms with Crippen LogP contribution >= 0.6 is 22.7 Å². The molecule has 1 aliphatic rings. The van der Waals surface area contributed by atoms with Crippen LogP contribution in [-0.4, -0.2) is 95.3 Å². The van der Waals surface area contributed by atoms with Gasteiger partial charge in [-0.05, 0) is 25.3 Å². The van der Waals surface area contributed by atoms with Gasteiger partial charge < -0.3 is 50.1 Å². The number of ether oxygens (including phenoxy) is 5. The maximum Gasteiger partial charge on any atom is 0.510 e. The van der Waals surface area contributed by atoms with E-state index >= 15 is 8.78 Å². The molecule has 23 nitrogen and oxygen atoms in total. The summed E-state index contributed by atoms with van der Waals surface area (Å²) in [5.41, 5.74) is 7.47. The van der Waals surface area contributed by atoms with Gasteiger partial charge in [0.15, 0.2) is 6.10 Å². The Bertz CT molecular complexity index is 2220. The minimum absolute atomic E-state index is 0.0135. The molecule has 77 heavy (non-hydrogen) atoms. The molecule has 0 bridgehead atoms. The normalized spacial score (nSPS) is 18.3. The molecule has 1 aromatic heterocycles. The summed E-state index contributed by atoms with van der Waals surface area (Å²) in [5.74, 6) is -1.26. The highest BCUT2D eigenvalue weighted by molar-refractivity contribution is 7.86. The number of nitrogens with zero attached hydrogens (tertiary/aromatic N) is 4. The summed E-state index contributed by atoms with van der Waals surface area (Å²) < 4.78 is 108. The maximum atomic E-state index is 15.2. The van der Waals surface area contributed by atoms with Crippen molar-refractivity contribution in [1.29, 1.82) is 0 Å². The third kappa shape index (κ3) is 28.5. The fraction of sp³-hybridized carbons (Fsp3) is 0.854. The monoisotopic (exact) mass is 1160 g/mol. The van der Waals surface area contributed by atoms with Gasteiger partial charge in [0.25, 0.3) is 5.56 Å². The zero-order valence-corrected chi connectivity index (χ0v) is 47.8. The molecular formula is C48H83BF2N5O18P3-. The fourth-order valence-corrected chi connectivity index (χ4v) is 12.5. The first-order valence-electron chi connectivity index (χ1n) is 27.2. The molecule has 29 heteroatoms. The minimum atomic E-state index is -6.92. The second-order valence-corrected chi connectivity index (χ2v) is 25.1. The summed E-state index contributed by atoms with van der Waals surface area (Å²) in [4.78, 5) is 86.8. The standard InChI is InChI=1S/C48H83BF2N5O18P3/c1-4-6-8-10-12-14-16-18-20-22-24-26-28-30-43(57)67-34-39(72-44(58)31-29-27-25-23-21-19-17-15-13-11-9-7-5-2)35-68-47(61)69-37-71-75(62,63)48(50,51)76(64,65)74-77(49,66)70-36-41-40(54-55-52)32-42(73-41)56-33-38(3)45(59)53-46(56)60/h33,39-42H,4-32,34-37H2,1-3H3,(H,62,63)(H,64,65)(H,53,59,60)/q-1/t39?,40?,41-,42-,77+/m1/s1. The molecule has 2 heterocycles. The van der Waals surface area contributed by atoms with Gasteiger partial charge in [-0.2, -0.15) is 8.78 Å². The van der Waals surface area contributed by atoms with Crippen molar-refractivity contribution >= 4 is 48.3 Å². The third-order valence-electron chi connectivity index (χ3n) is 12.7. The molecule has 0 amide bonds. The molecule has 0 saturated carbocycles. The molecule has 1 aromatic rings. The number of nitrogens with one attached hydrogen (secondary N) is 1. The van der Waals surface area contributed by atoms with Gasteiger partial charge in [0.05, 0.1) is 26.2 Å². The number of hydrogen-bond acceptors (Lipinski definition) is 17. The van der Waals surface area contributed by atoms with Gasteiger partial charge >= 0.3 is 44.4 Å². The Morgan fingerprint density at radius 1 is 0.766 bits per heavy atom. The number of carbonyl (C=O) groups is 3. The van der Waals surface area contributed by atoms with Crippen molar-refractivity contribution < 1.29 is 83.7 Å². The number of rotatable bonds is 45. The summed E-state index contributed by atoms with van der Waals surface area (Å²) in [5, 5.41) is -2.34. The molecule has 1 fully saturated rings. The highest BCUT2D eigenvalue weighted by atomic mass is 31.3. The molecule has 2 rings (SSSR count). The van der Waals surface area contributed by atoms with E-state index in [-0.39, 0.29) is 24.8 Å². The molecule has 0 spiro atoms. The molecular weight excluding hydrogens is 1080 g/mol. The van der Waals surface area contributed by atoms with E-state index in [9.17, 15) is 47.5 Å². The fourth-order valence-electron chi connectivity index (χ4n) is 8.21. The Kier molecular flexibility index (Phi) is 34.6. The van der Waals surface area contributed by atoms with Crippen molar-refractivity contribution in [3.05, 3.63) is 43.0 Å². The predicted octanol–water partition coefficient (Wildman–Crippen LogP) is 12.6. The van der Waals surface area contributed by atoms with Gasteiger partial charge in [-0.25, -0.2) is 9.59 Å². The Labute approximate surface area is 451 Å². The van der Waals surface area contributed by atoms with Crippen molar-refractivity contribution in [3.63, 3.8) is 0 Å². The van der Waals surface area contributed by atoms with E-state index in [0.29, 0.717) is 12.8 Å². The smallest absolute Gasteiger partial charge is 0.462 e. The molecule has 3 N–H and O–H groups in total. The van der Waals surface area contributed by atoms with Crippen LogP contribution in [0.3, 0.4) is 0 Å². The topological polar surface area (TPSA) is 320 Å². The van der Waals surface area contributed by atoms with Gasteiger partial charge in [0.1, 0.15) is 19.4 Å². The van der Waals surface area contributed by atoms with E-state index in [1.54, 1.807) is 0 Å². The molecule has 441 valence electrons. The SMILES string of the molecule is [B-][P@](=O)(OC[C@H]1O[C@@H](n2cc(C)c(=O)[nH]c2=O)CC1N=[N+]=[N-])OP(=O)(O)C(F)(F)P(=O)(O)OCOC(=O)OCC(COC(=O)CCCCCCCCCCCCCCC)OC(=O)CCCCCCCCCCCCCCC. The maximum absolute atomic E-state index is 15.2. The van der Waals surface area contributed by atoms with Crippen molar-refractivity contribution in [1.82, 2.24) is 9.55 Å². The molecule has 7 atom stereocenters. The number of carbonyl (C=O) groups excluding carboxylic acids is 3. The van der Waals surface area contributed by atoms with Crippen molar-refractivity contribution in [3.8, 4) is 0 Å². The number of aryl methyl sites for hydroxylation is 1. The summed E-state index contributed by atoms with van der Waals surface area (Å²) in [6, 6.07) is -1.20. The van der Waals surface area contributed by atoms with Gasteiger partial charge in [0.2, 0.25) is 6.79 Å². The lowest BCUT2D eigenvalue weighted by molar-refractivity contribution is -0.162. The predicted molar refractivity (Wildman–Crippen MR) is 282 cm³/mol. The van der Waals surface area contributed by atoms with Crippen LogP contribution in [0.5, 0.6) is 0 Å². The van der Waals surface area contributed by atoms with E-state index in [0.717, 1.165) is 68.6 Å². The number of aromatic amines is 1. The highest BCUT2D eigenvalue weighted by Crippen LogP contribution is 2.79. The Morgan fingerprint density at radius 2 is 1.23 bits per heavy atom. The van der Waals surface area contributed by atoms with Crippen molar-refractivity contribution in [2.24, 2.45) is 5.11 Å². The number of unbranched alkanes of at least 4 members (excludes halogenated alkanes) is 24. The third-order valence-corrected chi connectivity index (χ3v) is 18.3. The molecule has 0 aliphatic carbocycles. The number of halogens is 2. The lowest BCUT2D eigenvalue weighted by Gasteiger charge is -2.33. The van der Waals surface area contributed by atoms with Crippen LogP contribution in [0.4, 0.5) is 13.6 Å². The first kappa shape index (κ1) is 69.7. The van der Waals surface area contributed by atoms with Gasteiger partial charge in [0, 0.05) is 35.9 Å². The van der Waals surface area contributed by atoms with E-state index in [1.807, 2.05) is 4.98 Å². The zero-order valence-electron chi connectivity index (χ0n) is 45.1. The average Bonchev–Trinajstić information content (AvgIpc) is 3.77. The first-order chi connectivity index (χ1) is 36.6. The van der Waals surface area contributed by atoms with Crippen LogP contribution in [0.1, 0.15) is 212 Å². The summed E-state index contributed by atoms with van der Waals surface area (Å²) in [7, 11) is -13.9. The van der Waals surface area contributed by atoms with Gasteiger partial charge in [-0.1, -0.05) is 173 Å². The Morgan fingerprint density at radius 3 is 1.73 bits per heavy atom. The summed E-state index contributed by atoms with van der Waals surface area (Å²) in [6.07, 6.45) is 24.0. The molecule has 0 aromatic carbocycles. The number of aromatic nitrogens is 2. The van der Waals surface area contributed by atoms with E-state index < -0.39 is 109 Å². The second-order valence-electron chi connectivity index (χ2n) is 19.3. The minimum Gasteiger partial charge on any atom is -0.462 e. The average molecular weight is 1160 g/mol. The number of H-pyrrole nitrogens is 1. The van der Waals surface area contributed by atoms with Gasteiger partial charge in [-0.3, -0.25) is 41.9 Å². The summed E-state index contributed by atoms with van der Waals surface area (Å²) in [6.45, 7) is 1.63. The van der Waals surface area contributed by atoms with Crippen LogP contribution < -0.4 is 11.2 Å². The molecule has 1 aliphatic heterocycles. The van der Waals surface area contributed by atoms with Crippen molar-refractivity contribution in [2.75, 3.05) is 26.6 Å². The second kappa shape index (κ2) is 38.3. The Hall–Kier alpha value is -3.43. The first-order valence-corrected chi connectivity index (χ1v) is 31.9. The number of hydrogen-bond donors (Lipinski definition) is 3. The number of esters is 2. The quantitative estimate of drug-likeness (QED) is 0.00629. The number of azide groups is 1. The molecule has 4 unspecified atom stereocenters. The van der Waals surface area contributed by atoms with Crippen LogP contribution in [0.25, 0.3) is 10.4 Å². The largest absolute Gasteiger partial charge is 0.510 e. The zero-order chi connectivity index (χ0) is 57.2. The van der Waals surface area contributed by atoms with E-state index in [1.165, 1.54) is 103 Å². The van der Waals surface area contributed by atoms with E-state index in [4.69, 9.17) is 36.6 Å². The Balaban J connectivity index is 1.89. The lowest BCUT2D eigenvalue weighted by Crippen LogP contribution is -2.33. The van der Waals surface area contributed by atoms with Crippen LogP contribution in [0.2, 0.25) is 0 Å². The highest BCUT2D eigenvalue weighted by Gasteiger charge is 2.67. The van der Waals surface area contributed by atoms with E-state index in [2.05, 4.69) is 37.4 Å². The van der Waals surface area contributed by atoms with Crippen molar-refractivity contribution in [2.45, 2.75) is 237 Å². The molecule has 1 saturated heterocycles.